The Hall–Kier alpha value is -1.67. The molecule has 146 valence electrons. The van der Waals surface area contributed by atoms with Gasteiger partial charge in [-0.15, -0.1) is 0 Å². The van der Waals surface area contributed by atoms with E-state index >= 15 is 0 Å². The molecular formula is C19H29NO6. The number of nitrogens with zero attached hydrogens (tertiary/aromatic N) is 1. The van der Waals surface area contributed by atoms with Crippen LogP contribution in [0.15, 0.2) is 30.3 Å². The summed E-state index contributed by atoms with van der Waals surface area (Å²) in [6, 6.07) is 9.67. The highest BCUT2D eigenvalue weighted by Crippen LogP contribution is 2.15. The number of aliphatic hydroxyl groups is 1. The number of benzene rings is 1. The summed E-state index contributed by atoms with van der Waals surface area (Å²) in [4.78, 5) is 13.8. The molecule has 1 saturated heterocycles. The van der Waals surface area contributed by atoms with Crippen molar-refractivity contribution in [2.24, 2.45) is 0 Å². The molecule has 1 aromatic rings. The topological polar surface area (TPSA) is 77.5 Å². The first kappa shape index (κ1) is 20.6. The van der Waals surface area contributed by atoms with Crippen molar-refractivity contribution in [2.75, 3.05) is 52.7 Å². The van der Waals surface area contributed by atoms with Crippen molar-refractivity contribution < 1.29 is 28.8 Å². The summed E-state index contributed by atoms with van der Waals surface area (Å²) in [6.07, 6.45) is 1.50. The number of ether oxygens (including phenoxy) is 4. The van der Waals surface area contributed by atoms with Gasteiger partial charge >= 0.3 is 6.09 Å². The molecule has 1 fully saturated rings. The van der Waals surface area contributed by atoms with E-state index in [4.69, 9.17) is 24.1 Å². The third kappa shape index (κ3) is 8.14. The fourth-order valence-electron chi connectivity index (χ4n) is 2.68. The van der Waals surface area contributed by atoms with Gasteiger partial charge in [0.25, 0.3) is 0 Å². The van der Waals surface area contributed by atoms with E-state index in [1.165, 1.54) is 0 Å². The fraction of sp³-hybridized carbons (Fsp3) is 0.632. The summed E-state index contributed by atoms with van der Waals surface area (Å²) in [5.74, 6) is 0. The monoisotopic (exact) mass is 367 g/mol. The maximum Gasteiger partial charge on any atom is 0.410 e. The van der Waals surface area contributed by atoms with Gasteiger partial charge in [0.05, 0.1) is 45.7 Å². The molecule has 1 heterocycles. The highest BCUT2D eigenvalue weighted by Gasteiger charge is 2.24. The van der Waals surface area contributed by atoms with Crippen molar-refractivity contribution >= 4 is 6.09 Å². The summed E-state index contributed by atoms with van der Waals surface area (Å²) in [5.41, 5.74) is 0.987. The Morgan fingerprint density at radius 2 is 1.65 bits per heavy atom. The third-order valence-corrected chi connectivity index (χ3v) is 4.09. The summed E-state index contributed by atoms with van der Waals surface area (Å²) in [7, 11) is 0. The number of hydrogen-bond donors (Lipinski definition) is 1. The number of rotatable bonds is 11. The van der Waals surface area contributed by atoms with Crippen molar-refractivity contribution in [3.8, 4) is 0 Å². The number of likely N-dealkylation sites (tertiary alicyclic amines) is 1. The third-order valence-electron chi connectivity index (χ3n) is 4.09. The van der Waals surface area contributed by atoms with Gasteiger partial charge < -0.3 is 29.0 Å². The van der Waals surface area contributed by atoms with Gasteiger partial charge in [0.2, 0.25) is 0 Å². The van der Waals surface area contributed by atoms with Gasteiger partial charge in [0.15, 0.2) is 0 Å². The van der Waals surface area contributed by atoms with Gasteiger partial charge in [-0.3, -0.25) is 0 Å². The number of piperidine rings is 1. The molecule has 0 bridgehead atoms. The maximum absolute atomic E-state index is 12.1. The molecule has 0 radical (unpaired) electrons. The molecule has 0 aliphatic carbocycles. The molecule has 26 heavy (non-hydrogen) atoms. The lowest BCUT2D eigenvalue weighted by atomic mass is 10.1. The van der Waals surface area contributed by atoms with E-state index in [-0.39, 0.29) is 18.8 Å². The lowest BCUT2D eigenvalue weighted by Gasteiger charge is -2.31. The first-order valence-electron chi connectivity index (χ1n) is 9.13. The van der Waals surface area contributed by atoms with Gasteiger partial charge in [0.1, 0.15) is 6.61 Å². The molecule has 0 atom stereocenters. The second-order valence-corrected chi connectivity index (χ2v) is 6.05. The van der Waals surface area contributed by atoms with Gasteiger partial charge in [-0.25, -0.2) is 4.79 Å². The van der Waals surface area contributed by atoms with Crippen LogP contribution >= 0.6 is 0 Å². The number of amides is 1. The Kier molecular flexibility index (Phi) is 10.0. The molecule has 1 N–H and O–H groups in total. The van der Waals surface area contributed by atoms with Crippen molar-refractivity contribution in [1.29, 1.82) is 0 Å². The van der Waals surface area contributed by atoms with Crippen LogP contribution < -0.4 is 0 Å². The van der Waals surface area contributed by atoms with Crippen molar-refractivity contribution in [3.63, 3.8) is 0 Å². The molecular weight excluding hydrogens is 338 g/mol. The van der Waals surface area contributed by atoms with Gasteiger partial charge in [0, 0.05) is 13.1 Å². The minimum atomic E-state index is -0.265. The zero-order chi connectivity index (χ0) is 18.5. The second-order valence-electron chi connectivity index (χ2n) is 6.05. The van der Waals surface area contributed by atoms with E-state index in [0.29, 0.717) is 52.7 Å². The Morgan fingerprint density at radius 3 is 2.35 bits per heavy atom. The molecule has 0 aromatic heterocycles. The van der Waals surface area contributed by atoms with Crippen LogP contribution in [-0.2, 0) is 25.6 Å². The van der Waals surface area contributed by atoms with Crippen LogP contribution in [0.2, 0.25) is 0 Å². The second kappa shape index (κ2) is 12.6. The lowest BCUT2D eigenvalue weighted by Crippen LogP contribution is -2.41. The molecule has 2 rings (SSSR count). The van der Waals surface area contributed by atoms with E-state index in [1.54, 1.807) is 4.90 Å². The molecule has 1 aliphatic heterocycles. The molecule has 7 heteroatoms. The average Bonchev–Trinajstić information content (AvgIpc) is 2.69. The van der Waals surface area contributed by atoms with Crippen molar-refractivity contribution in [1.82, 2.24) is 4.90 Å². The average molecular weight is 367 g/mol. The minimum absolute atomic E-state index is 0.0294. The molecule has 0 unspecified atom stereocenters. The molecule has 0 saturated carbocycles. The van der Waals surface area contributed by atoms with Gasteiger partial charge in [-0.1, -0.05) is 30.3 Å². The molecule has 1 aromatic carbocycles. The Labute approximate surface area is 154 Å². The first-order chi connectivity index (χ1) is 12.8. The molecule has 1 amide bonds. The van der Waals surface area contributed by atoms with Gasteiger partial charge in [-0.2, -0.15) is 0 Å². The zero-order valence-corrected chi connectivity index (χ0v) is 15.2. The molecule has 0 spiro atoms. The van der Waals surface area contributed by atoms with Gasteiger partial charge in [-0.05, 0) is 18.4 Å². The molecule has 1 aliphatic rings. The van der Waals surface area contributed by atoms with Crippen molar-refractivity contribution in [2.45, 2.75) is 25.6 Å². The SMILES string of the molecule is O=C(OCc1ccccc1)N1CCC(OCCOCCOCCO)CC1. The Bertz CT molecular complexity index is 490. The van der Waals surface area contributed by atoms with E-state index in [9.17, 15) is 4.79 Å². The lowest BCUT2D eigenvalue weighted by molar-refractivity contribution is -0.0323. The highest BCUT2D eigenvalue weighted by atomic mass is 16.6. The zero-order valence-electron chi connectivity index (χ0n) is 15.2. The van der Waals surface area contributed by atoms with E-state index < -0.39 is 0 Å². The highest BCUT2D eigenvalue weighted by molar-refractivity contribution is 5.67. The predicted octanol–water partition coefficient (Wildman–Crippen LogP) is 1.83. The normalized spacial score (nSPS) is 15.2. The Balaban J connectivity index is 1.50. The number of carbonyl (C=O) groups excluding carboxylic acids is 1. The Morgan fingerprint density at radius 1 is 1.00 bits per heavy atom. The van der Waals surface area contributed by atoms with Crippen LogP contribution in [0, 0.1) is 0 Å². The predicted molar refractivity (Wildman–Crippen MR) is 95.9 cm³/mol. The van der Waals surface area contributed by atoms with E-state index in [2.05, 4.69) is 0 Å². The number of aliphatic hydroxyl groups excluding tert-OH is 1. The first-order valence-corrected chi connectivity index (χ1v) is 9.13. The minimum Gasteiger partial charge on any atom is -0.445 e. The summed E-state index contributed by atoms with van der Waals surface area (Å²) < 4.78 is 21.6. The largest absolute Gasteiger partial charge is 0.445 e. The quantitative estimate of drug-likeness (QED) is 0.601. The van der Waals surface area contributed by atoms with Crippen LogP contribution in [0.4, 0.5) is 4.79 Å². The van der Waals surface area contributed by atoms with Crippen LogP contribution in [0.1, 0.15) is 18.4 Å². The van der Waals surface area contributed by atoms with E-state index in [1.807, 2.05) is 30.3 Å². The maximum atomic E-state index is 12.1. The van der Waals surface area contributed by atoms with Crippen molar-refractivity contribution in [3.05, 3.63) is 35.9 Å². The number of carbonyl (C=O) groups is 1. The van der Waals surface area contributed by atoms with Crippen LogP contribution in [-0.4, -0.2) is 74.9 Å². The fourth-order valence-corrected chi connectivity index (χ4v) is 2.68. The standard InChI is InChI=1S/C19H29NO6/c21-10-11-23-12-13-24-14-15-25-18-6-8-20(9-7-18)19(22)26-16-17-4-2-1-3-5-17/h1-5,18,21H,6-16H2. The smallest absolute Gasteiger partial charge is 0.410 e. The number of hydrogen-bond acceptors (Lipinski definition) is 6. The summed E-state index contributed by atoms with van der Waals surface area (Å²) in [6.45, 7) is 3.98. The van der Waals surface area contributed by atoms with Crippen LogP contribution in [0.25, 0.3) is 0 Å². The summed E-state index contributed by atoms with van der Waals surface area (Å²) in [5, 5.41) is 8.57. The van der Waals surface area contributed by atoms with Crippen LogP contribution in [0.5, 0.6) is 0 Å². The summed E-state index contributed by atoms with van der Waals surface area (Å²) >= 11 is 0. The molecule has 7 nitrogen and oxygen atoms in total. The van der Waals surface area contributed by atoms with Crippen LogP contribution in [0.3, 0.4) is 0 Å². The van der Waals surface area contributed by atoms with E-state index in [0.717, 1.165) is 18.4 Å².